The van der Waals surface area contributed by atoms with Gasteiger partial charge in [0, 0.05) is 0 Å². The van der Waals surface area contributed by atoms with Crippen LogP contribution in [0.5, 0.6) is 0 Å². The Labute approximate surface area is 178 Å². The van der Waals surface area contributed by atoms with E-state index in [4.69, 9.17) is 4.74 Å². The van der Waals surface area contributed by atoms with Crippen molar-refractivity contribution in [1.82, 2.24) is 15.1 Å². The number of carbonyl (C=O) groups excluding carboxylic acids is 3. The standard InChI is InChI=1S/C22H19N5O4/c23-12-17-13-25-27(18-9-5-2-6-10-18)22(17)26-20(29)15-31-21(30)14-24-19(28)11-16-7-3-1-4-8-16/h1-10,13H,11,14-15H2,(H,24,28)(H,26,29). The highest BCUT2D eigenvalue weighted by Crippen LogP contribution is 2.19. The Hall–Kier alpha value is -4.45. The summed E-state index contributed by atoms with van der Waals surface area (Å²) in [6.07, 6.45) is 1.46. The molecule has 0 spiro atoms. The molecule has 2 amide bonds. The van der Waals surface area contributed by atoms with E-state index in [1.807, 2.05) is 30.3 Å². The fourth-order valence-corrected chi connectivity index (χ4v) is 2.70. The Balaban J connectivity index is 1.49. The van der Waals surface area contributed by atoms with Gasteiger partial charge in [-0.3, -0.25) is 14.4 Å². The number of para-hydroxylation sites is 1. The number of esters is 1. The van der Waals surface area contributed by atoms with Gasteiger partial charge in [-0.05, 0) is 17.7 Å². The Kier molecular flexibility index (Phi) is 7.11. The van der Waals surface area contributed by atoms with E-state index in [-0.39, 0.29) is 30.3 Å². The van der Waals surface area contributed by atoms with Crippen LogP contribution in [-0.2, 0) is 25.5 Å². The van der Waals surface area contributed by atoms with Crippen molar-refractivity contribution in [3.8, 4) is 11.8 Å². The SMILES string of the molecule is N#Cc1cnn(-c2ccccc2)c1NC(=O)COC(=O)CNC(=O)Cc1ccccc1. The number of rotatable bonds is 8. The molecule has 0 aliphatic heterocycles. The highest BCUT2D eigenvalue weighted by atomic mass is 16.5. The molecule has 0 saturated carbocycles. The van der Waals surface area contributed by atoms with Gasteiger partial charge in [0.25, 0.3) is 5.91 Å². The first-order valence-electron chi connectivity index (χ1n) is 9.36. The molecule has 0 fully saturated rings. The second-order valence-corrected chi connectivity index (χ2v) is 6.41. The van der Waals surface area contributed by atoms with E-state index in [0.29, 0.717) is 5.69 Å². The quantitative estimate of drug-likeness (QED) is 0.536. The molecule has 0 saturated heterocycles. The van der Waals surface area contributed by atoms with Crippen LogP contribution in [0.4, 0.5) is 5.82 Å². The summed E-state index contributed by atoms with van der Waals surface area (Å²) < 4.78 is 6.30. The van der Waals surface area contributed by atoms with Crippen molar-refractivity contribution < 1.29 is 19.1 Å². The molecular weight excluding hydrogens is 398 g/mol. The minimum Gasteiger partial charge on any atom is -0.454 e. The molecule has 1 aromatic heterocycles. The third-order valence-electron chi connectivity index (χ3n) is 4.15. The molecular formula is C22H19N5O4. The Morgan fingerprint density at radius 3 is 2.35 bits per heavy atom. The average Bonchev–Trinajstić information content (AvgIpc) is 3.20. The summed E-state index contributed by atoms with van der Waals surface area (Å²) in [5.41, 5.74) is 1.63. The van der Waals surface area contributed by atoms with Crippen LogP contribution in [0.15, 0.2) is 66.9 Å². The molecule has 0 aliphatic carbocycles. The number of amides is 2. The van der Waals surface area contributed by atoms with Gasteiger partial charge in [-0.1, -0.05) is 48.5 Å². The fourth-order valence-electron chi connectivity index (χ4n) is 2.70. The average molecular weight is 417 g/mol. The van der Waals surface area contributed by atoms with Crippen LogP contribution in [0.1, 0.15) is 11.1 Å². The number of carbonyl (C=O) groups is 3. The number of nitrogens with zero attached hydrogens (tertiary/aromatic N) is 3. The minimum atomic E-state index is -0.756. The van der Waals surface area contributed by atoms with Crippen molar-refractivity contribution in [3.63, 3.8) is 0 Å². The zero-order valence-corrected chi connectivity index (χ0v) is 16.4. The number of benzene rings is 2. The molecule has 31 heavy (non-hydrogen) atoms. The number of aromatic nitrogens is 2. The maximum atomic E-state index is 12.2. The summed E-state index contributed by atoms with van der Waals surface area (Å²) in [7, 11) is 0. The van der Waals surface area contributed by atoms with E-state index >= 15 is 0 Å². The summed E-state index contributed by atoms with van der Waals surface area (Å²) in [6, 6.07) is 20.0. The lowest BCUT2D eigenvalue weighted by Gasteiger charge is -2.10. The van der Waals surface area contributed by atoms with Gasteiger partial charge in [0.15, 0.2) is 12.4 Å². The molecule has 0 aliphatic rings. The topological polar surface area (TPSA) is 126 Å². The summed E-state index contributed by atoms with van der Waals surface area (Å²) in [6.45, 7) is -0.928. The highest BCUT2D eigenvalue weighted by Gasteiger charge is 2.16. The van der Waals surface area contributed by atoms with Gasteiger partial charge in [0.2, 0.25) is 5.91 Å². The van der Waals surface area contributed by atoms with Crippen LogP contribution in [-0.4, -0.2) is 40.7 Å². The molecule has 2 aromatic carbocycles. The van der Waals surface area contributed by atoms with Crippen LogP contribution in [0, 0.1) is 11.3 Å². The molecule has 2 N–H and O–H groups in total. The summed E-state index contributed by atoms with van der Waals surface area (Å²) in [4.78, 5) is 35.9. The number of nitrogens with one attached hydrogen (secondary N) is 2. The maximum absolute atomic E-state index is 12.2. The van der Waals surface area contributed by atoms with Gasteiger partial charge in [0.1, 0.15) is 18.2 Å². The van der Waals surface area contributed by atoms with Crippen molar-refractivity contribution in [2.75, 3.05) is 18.5 Å². The number of hydrogen-bond acceptors (Lipinski definition) is 6. The van der Waals surface area contributed by atoms with Gasteiger partial charge in [-0.15, -0.1) is 0 Å². The zero-order valence-electron chi connectivity index (χ0n) is 16.4. The van der Waals surface area contributed by atoms with Gasteiger partial charge in [0.05, 0.1) is 18.3 Å². The number of nitriles is 1. The fraction of sp³-hybridized carbons (Fsp3) is 0.136. The van der Waals surface area contributed by atoms with Crippen LogP contribution in [0.3, 0.4) is 0 Å². The van der Waals surface area contributed by atoms with Crippen LogP contribution in [0.25, 0.3) is 5.69 Å². The lowest BCUT2D eigenvalue weighted by molar-refractivity contribution is -0.147. The zero-order chi connectivity index (χ0) is 22.1. The second kappa shape index (κ2) is 10.4. The number of anilines is 1. The first-order valence-corrected chi connectivity index (χ1v) is 9.36. The van der Waals surface area contributed by atoms with Gasteiger partial charge >= 0.3 is 5.97 Å². The molecule has 0 bridgehead atoms. The van der Waals surface area contributed by atoms with Crippen LogP contribution < -0.4 is 10.6 Å². The first kappa shape index (κ1) is 21.3. The van der Waals surface area contributed by atoms with Crippen LogP contribution >= 0.6 is 0 Å². The molecule has 156 valence electrons. The normalized spacial score (nSPS) is 10.0. The molecule has 0 atom stereocenters. The van der Waals surface area contributed by atoms with E-state index in [0.717, 1.165) is 5.56 Å². The van der Waals surface area contributed by atoms with Crippen molar-refractivity contribution in [3.05, 3.63) is 78.0 Å². The van der Waals surface area contributed by atoms with Crippen molar-refractivity contribution in [2.45, 2.75) is 6.42 Å². The Morgan fingerprint density at radius 1 is 1.00 bits per heavy atom. The van der Waals surface area contributed by atoms with Crippen molar-refractivity contribution >= 4 is 23.6 Å². The molecule has 1 heterocycles. The second-order valence-electron chi connectivity index (χ2n) is 6.41. The van der Waals surface area contributed by atoms with Gasteiger partial charge in [-0.2, -0.15) is 10.4 Å². The lowest BCUT2D eigenvalue weighted by atomic mass is 10.1. The largest absolute Gasteiger partial charge is 0.454 e. The van der Waals surface area contributed by atoms with Crippen molar-refractivity contribution in [2.24, 2.45) is 0 Å². The van der Waals surface area contributed by atoms with E-state index < -0.39 is 18.5 Å². The molecule has 0 unspecified atom stereocenters. The van der Waals surface area contributed by atoms with Crippen molar-refractivity contribution in [1.29, 1.82) is 5.26 Å². The molecule has 0 radical (unpaired) electrons. The van der Waals surface area contributed by atoms with E-state index in [1.165, 1.54) is 10.9 Å². The first-order chi connectivity index (χ1) is 15.1. The lowest BCUT2D eigenvalue weighted by Crippen LogP contribution is -2.33. The molecule has 3 aromatic rings. The molecule has 3 rings (SSSR count). The minimum absolute atomic E-state index is 0.134. The maximum Gasteiger partial charge on any atom is 0.325 e. The Bertz CT molecular complexity index is 1100. The third-order valence-corrected chi connectivity index (χ3v) is 4.15. The predicted octanol–water partition coefficient (Wildman–Crippen LogP) is 1.58. The summed E-state index contributed by atoms with van der Waals surface area (Å²) in [5.74, 6) is -1.56. The monoisotopic (exact) mass is 417 g/mol. The molecule has 9 heteroatoms. The number of ether oxygens (including phenoxy) is 1. The predicted molar refractivity (Wildman–Crippen MR) is 111 cm³/mol. The number of hydrogen-bond donors (Lipinski definition) is 2. The van der Waals surface area contributed by atoms with E-state index in [1.54, 1.807) is 36.4 Å². The van der Waals surface area contributed by atoms with Gasteiger partial charge < -0.3 is 15.4 Å². The van der Waals surface area contributed by atoms with E-state index in [2.05, 4.69) is 15.7 Å². The highest BCUT2D eigenvalue weighted by molar-refractivity contribution is 5.93. The summed E-state index contributed by atoms with van der Waals surface area (Å²) in [5, 5.41) is 18.4. The molecule has 9 nitrogen and oxygen atoms in total. The van der Waals surface area contributed by atoms with E-state index in [9.17, 15) is 19.6 Å². The summed E-state index contributed by atoms with van der Waals surface area (Å²) >= 11 is 0. The van der Waals surface area contributed by atoms with Gasteiger partial charge in [-0.25, -0.2) is 4.68 Å². The Morgan fingerprint density at radius 2 is 1.68 bits per heavy atom. The van der Waals surface area contributed by atoms with Crippen LogP contribution in [0.2, 0.25) is 0 Å². The smallest absolute Gasteiger partial charge is 0.325 e. The third kappa shape index (κ3) is 6.01.